The van der Waals surface area contributed by atoms with Crippen LogP contribution in [0.3, 0.4) is 0 Å². The van der Waals surface area contributed by atoms with Crippen molar-refractivity contribution in [2.24, 2.45) is 11.8 Å². The van der Waals surface area contributed by atoms with Crippen LogP contribution in [0.25, 0.3) is 0 Å². The van der Waals surface area contributed by atoms with E-state index >= 15 is 0 Å². The number of piperidine rings is 1. The summed E-state index contributed by atoms with van der Waals surface area (Å²) < 4.78 is 1.32. The number of rotatable bonds is 3. The van der Waals surface area contributed by atoms with Crippen LogP contribution in [-0.2, 0) is 6.54 Å². The normalized spacial score (nSPS) is 18.8. The maximum atomic E-state index is 2.60. The van der Waals surface area contributed by atoms with Gasteiger partial charge in [-0.3, -0.25) is 4.90 Å². The lowest BCUT2D eigenvalue weighted by molar-refractivity contribution is 0.152. The van der Waals surface area contributed by atoms with Gasteiger partial charge in [0.1, 0.15) is 0 Å². The Bertz CT molecular complexity index is 336. The first kappa shape index (κ1) is 13.3. The molecule has 1 aliphatic heterocycles. The van der Waals surface area contributed by atoms with Crippen molar-refractivity contribution in [1.82, 2.24) is 4.90 Å². The molecule has 0 saturated carbocycles. The summed E-state index contributed by atoms with van der Waals surface area (Å²) in [7, 11) is 0. The summed E-state index contributed by atoms with van der Waals surface area (Å²) in [4.78, 5) is 2.60. The Morgan fingerprint density at radius 1 is 1.18 bits per heavy atom. The van der Waals surface area contributed by atoms with Gasteiger partial charge in [-0.25, -0.2) is 0 Å². The fraction of sp³-hybridized carbons (Fsp3) is 0.600. The highest BCUT2D eigenvalue weighted by molar-refractivity contribution is 14.1. The first-order valence-electron chi connectivity index (χ1n) is 6.62. The number of halogens is 1. The minimum absolute atomic E-state index is 0.857. The van der Waals surface area contributed by atoms with Crippen LogP contribution >= 0.6 is 22.6 Å². The van der Waals surface area contributed by atoms with Gasteiger partial charge in [0.2, 0.25) is 0 Å². The Labute approximate surface area is 119 Å². The highest BCUT2D eigenvalue weighted by atomic mass is 127. The fourth-order valence-corrected chi connectivity index (χ4v) is 2.99. The summed E-state index contributed by atoms with van der Waals surface area (Å²) in [5.41, 5.74) is 1.45. The zero-order chi connectivity index (χ0) is 12.3. The lowest BCUT2D eigenvalue weighted by Gasteiger charge is -2.33. The monoisotopic (exact) mass is 343 g/mol. The minimum atomic E-state index is 0.857. The molecule has 1 aliphatic rings. The van der Waals surface area contributed by atoms with Gasteiger partial charge >= 0.3 is 0 Å². The molecule has 0 spiro atoms. The lowest BCUT2D eigenvalue weighted by atomic mass is 9.86. The SMILES string of the molecule is CC(C)C1CCN(Cc2ccc(I)cc2)CC1. The molecule has 0 aliphatic carbocycles. The van der Waals surface area contributed by atoms with E-state index < -0.39 is 0 Å². The quantitative estimate of drug-likeness (QED) is 0.745. The molecule has 0 unspecified atom stereocenters. The van der Waals surface area contributed by atoms with Crippen LogP contribution in [0.15, 0.2) is 24.3 Å². The summed E-state index contributed by atoms with van der Waals surface area (Å²) >= 11 is 2.36. The molecule has 1 saturated heterocycles. The highest BCUT2D eigenvalue weighted by Crippen LogP contribution is 2.25. The van der Waals surface area contributed by atoms with Crippen LogP contribution < -0.4 is 0 Å². The predicted molar refractivity (Wildman–Crippen MR) is 82.0 cm³/mol. The molecule has 94 valence electrons. The standard InChI is InChI=1S/C15H22IN/c1-12(2)14-7-9-17(10-8-14)11-13-3-5-15(16)6-4-13/h3-6,12,14H,7-11H2,1-2H3. The van der Waals surface area contributed by atoms with Gasteiger partial charge in [-0.15, -0.1) is 0 Å². The van der Waals surface area contributed by atoms with Crippen LogP contribution in [0.5, 0.6) is 0 Å². The Morgan fingerprint density at radius 2 is 1.76 bits per heavy atom. The second-order valence-corrected chi connectivity index (χ2v) is 6.73. The third kappa shape index (κ3) is 3.95. The topological polar surface area (TPSA) is 3.24 Å². The molecule has 1 aromatic carbocycles. The number of nitrogens with zero attached hydrogens (tertiary/aromatic N) is 1. The molecule has 0 N–H and O–H groups in total. The van der Waals surface area contributed by atoms with E-state index in [-0.39, 0.29) is 0 Å². The molecule has 1 heterocycles. The van der Waals surface area contributed by atoms with Crippen molar-refractivity contribution >= 4 is 22.6 Å². The van der Waals surface area contributed by atoms with Gasteiger partial charge in [0, 0.05) is 10.1 Å². The van der Waals surface area contributed by atoms with Crippen LogP contribution in [0.4, 0.5) is 0 Å². The molecule has 0 aromatic heterocycles. The van der Waals surface area contributed by atoms with E-state index in [4.69, 9.17) is 0 Å². The van der Waals surface area contributed by atoms with E-state index in [2.05, 4.69) is 65.6 Å². The molecular formula is C15H22IN. The van der Waals surface area contributed by atoms with Gasteiger partial charge in [0.05, 0.1) is 0 Å². The van der Waals surface area contributed by atoms with Crippen molar-refractivity contribution in [2.75, 3.05) is 13.1 Å². The molecule has 0 atom stereocenters. The first-order chi connectivity index (χ1) is 8.15. The largest absolute Gasteiger partial charge is 0.299 e. The Balaban J connectivity index is 1.84. The van der Waals surface area contributed by atoms with E-state index in [0.717, 1.165) is 18.4 Å². The summed E-state index contributed by atoms with van der Waals surface area (Å²) in [5, 5.41) is 0. The van der Waals surface area contributed by atoms with Gasteiger partial charge in [0.15, 0.2) is 0 Å². The summed E-state index contributed by atoms with van der Waals surface area (Å²) in [6, 6.07) is 8.93. The molecule has 1 fully saturated rings. The minimum Gasteiger partial charge on any atom is -0.299 e. The smallest absolute Gasteiger partial charge is 0.0233 e. The number of benzene rings is 1. The first-order valence-corrected chi connectivity index (χ1v) is 7.70. The van der Waals surface area contributed by atoms with Crippen molar-refractivity contribution in [3.63, 3.8) is 0 Å². The van der Waals surface area contributed by atoms with Crippen LogP contribution in [-0.4, -0.2) is 18.0 Å². The van der Waals surface area contributed by atoms with E-state index in [0.29, 0.717) is 0 Å². The average Bonchev–Trinajstić information content (AvgIpc) is 2.33. The van der Waals surface area contributed by atoms with Crippen molar-refractivity contribution < 1.29 is 0 Å². The van der Waals surface area contributed by atoms with E-state index in [9.17, 15) is 0 Å². The summed E-state index contributed by atoms with van der Waals surface area (Å²) in [6.45, 7) is 8.39. The molecule has 0 radical (unpaired) electrons. The van der Waals surface area contributed by atoms with Crippen LogP contribution in [0.1, 0.15) is 32.3 Å². The van der Waals surface area contributed by atoms with Crippen LogP contribution in [0, 0.1) is 15.4 Å². The van der Waals surface area contributed by atoms with Crippen molar-refractivity contribution in [2.45, 2.75) is 33.2 Å². The molecule has 0 amide bonds. The third-order valence-electron chi connectivity index (χ3n) is 3.89. The summed E-state index contributed by atoms with van der Waals surface area (Å²) in [5.74, 6) is 1.80. The Kier molecular flexibility index (Phi) is 4.86. The molecule has 1 aromatic rings. The molecule has 2 heteroatoms. The van der Waals surface area contributed by atoms with Gasteiger partial charge in [-0.2, -0.15) is 0 Å². The fourth-order valence-electron chi connectivity index (χ4n) is 2.63. The Hall–Kier alpha value is -0.0900. The highest BCUT2D eigenvalue weighted by Gasteiger charge is 2.21. The zero-order valence-electron chi connectivity index (χ0n) is 10.8. The van der Waals surface area contributed by atoms with Gasteiger partial charge < -0.3 is 0 Å². The van der Waals surface area contributed by atoms with Gasteiger partial charge in [0.25, 0.3) is 0 Å². The van der Waals surface area contributed by atoms with Crippen molar-refractivity contribution in [3.8, 4) is 0 Å². The van der Waals surface area contributed by atoms with Gasteiger partial charge in [-0.05, 0) is 78.1 Å². The molecular weight excluding hydrogens is 321 g/mol. The van der Waals surface area contributed by atoms with Gasteiger partial charge in [-0.1, -0.05) is 26.0 Å². The maximum Gasteiger partial charge on any atom is 0.0233 e. The maximum absolute atomic E-state index is 2.60. The molecule has 2 rings (SSSR count). The second kappa shape index (κ2) is 6.19. The predicted octanol–water partition coefficient (Wildman–Crippen LogP) is 4.16. The van der Waals surface area contributed by atoms with Crippen molar-refractivity contribution in [1.29, 1.82) is 0 Å². The van der Waals surface area contributed by atoms with E-state index in [1.165, 1.54) is 35.1 Å². The lowest BCUT2D eigenvalue weighted by Crippen LogP contribution is -2.34. The second-order valence-electron chi connectivity index (χ2n) is 5.48. The summed E-state index contributed by atoms with van der Waals surface area (Å²) in [6.07, 6.45) is 2.75. The average molecular weight is 343 g/mol. The number of hydrogen-bond acceptors (Lipinski definition) is 1. The van der Waals surface area contributed by atoms with Crippen molar-refractivity contribution in [3.05, 3.63) is 33.4 Å². The number of likely N-dealkylation sites (tertiary alicyclic amines) is 1. The Morgan fingerprint density at radius 3 is 2.29 bits per heavy atom. The third-order valence-corrected chi connectivity index (χ3v) is 4.61. The van der Waals surface area contributed by atoms with Crippen LogP contribution in [0.2, 0.25) is 0 Å². The molecule has 17 heavy (non-hydrogen) atoms. The zero-order valence-corrected chi connectivity index (χ0v) is 13.0. The van der Waals surface area contributed by atoms with E-state index in [1.807, 2.05) is 0 Å². The van der Waals surface area contributed by atoms with E-state index in [1.54, 1.807) is 0 Å². The molecule has 0 bridgehead atoms. The number of hydrogen-bond donors (Lipinski definition) is 0. The molecule has 1 nitrogen and oxygen atoms in total.